The monoisotopic (exact) mass is 325 g/mol. The van der Waals surface area contributed by atoms with E-state index in [9.17, 15) is 13.2 Å². The predicted molar refractivity (Wildman–Crippen MR) is 73.3 cm³/mol. The Labute approximate surface area is 121 Å². The minimum Gasteiger partial charge on any atom is -0.491 e. The third kappa shape index (κ3) is 4.89. The third-order valence-electron chi connectivity index (χ3n) is 2.26. The van der Waals surface area contributed by atoms with E-state index >= 15 is 0 Å². The SMILES string of the molecule is CN(C)C(=O)CCOc1ccc(S(=O)(=O)Cl)cc1Cl. The van der Waals surface area contributed by atoms with E-state index in [2.05, 4.69) is 0 Å². The van der Waals surface area contributed by atoms with E-state index in [0.29, 0.717) is 5.75 Å². The molecule has 19 heavy (non-hydrogen) atoms. The Bertz CT molecular complexity index is 572. The van der Waals surface area contributed by atoms with Gasteiger partial charge in [0, 0.05) is 24.8 Å². The number of nitrogens with zero attached hydrogens (tertiary/aromatic N) is 1. The Kier molecular flexibility index (Phi) is 5.46. The molecule has 8 heteroatoms. The average Bonchev–Trinajstić information content (AvgIpc) is 2.29. The highest BCUT2D eigenvalue weighted by molar-refractivity contribution is 8.13. The normalized spacial score (nSPS) is 11.2. The second kappa shape index (κ2) is 6.45. The number of hydrogen-bond acceptors (Lipinski definition) is 4. The summed E-state index contributed by atoms with van der Waals surface area (Å²) >= 11 is 5.87. The molecule has 0 spiro atoms. The smallest absolute Gasteiger partial charge is 0.261 e. The van der Waals surface area contributed by atoms with Crippen molar-refractivity contribution in [1.82, 2.24) is 4.90 Å². The number of amides is 1. The fourth-order valence-electron chi connectivity index (χ4n) is 1.22. The molecule has 0 bridgehead atoms. The van der Waals surface area contributed by atoms with Crippen molar-refractivity contribution in [2.75, 3.05) is 20.7 Å². The van der Waals surface area contributed by atoms with Gasteiger partial charge >= 0.3 is 0 Å². The van der Waals surface area contributed by atoms with Crippen molar-refractivity contribution in [3.63, 3.8) is 0 Å². The minimum atomic E-state index is -3.82. The number of rotatable bonds is 5. The van der Waals surface area contributed by atoms with E-state index in [1.165, 1.54) is 23.1 Å². The fraction of sp³-hybridized carbons (Fsp3) is 0.364. The molecule has 0 heterocycles. The van der Waals surface area contributed by atoms with E-state index in [0.717, 1.165) is 0 Å². The lowest BCUT2D eigenvalue weighted by atomic mass is 10.3. The number of carbonyl (C=O) groups is 1. The van der Waals surface area contributed by atoms with Crippen LogP contribution in [0.2, 0.25) is 5.02 Å². The molecule has 1 rings (SSSR count). The molecular formula is C11H13Cl2NO4S. The highest BCUT2D eigenvalue weighted by atomic mass is 35.7. The molecule has 0 radical (unpaired) electrons. The van der Waals surface area contributed by atoms with Gasteiger partial charge in [-0.3, -0.25) is 4.79 Å². The van der Waals surface area contributed by atoms with E-state index < -0.39 is 9.05 Å². The fourth-order valence-corrected chi connectivity index (χ4v) is 2.30. The third-order valence-corrected chi connectivity index (χ3v) is 3.90. The van der Waals surface area contributed by atoms with Crippen LogP contribution in [0.5, 0.6) is 5.75 Å². The minimum absolute atomic E-state index is 0.0731. The van der Waals surface area contributed by atoms with Crippen molar-refractivity contribution >= 4 is 37.2 Å². The second-order valence-corrected chi connectivity index (χ2v) is 6.89. The first-order valence-corrected chi connectivity index (χ1v) is 7.97. The van der Waals surface area contributed by atoms with Crippen LogP contribution >= 0.6 is 22.3 Å². The van der Waals surface area contributed by atoms with Crippen LogP contribution in [0, 0.1) is 0 Å². The summed E-state index contributed by atoms with van der Waals surface area (Å²) in [5.41, 5.74) is 0. The van der Waals surface area contributed by atoms with Crippen LogP contribution in [0.1, 0.15) is 6.42 Å². The van der Waals surface area contributed by atoms with Crippen LogP contribution in [0.25, 0.3) is 0 Å². The van der Waals surface area contributed by atoms with Crippen molar-refractivity contribution in [3.8, 4) is 5.75 Å². The van der Waals surface area contributed by atoms with Gasteiger partial charge < -0.3 is 9.64 Å². The number of benzene rings is 1. The number of hydrogen-bond donors (Lipinski definition) is 0. The first-order chi connectivity index (χ1) is 8.71. The lowest BCUT2D eigenvalue weighted by Crippen LogP contribution is -2.23. The van der Waals surface area contributed by atoms with Crippen molar-refractivity contribution in [3.05, 3.63) is 23.2 Å². The molecule has 0 fully saturated rings. The molecule has 0 aliphatic carbocycles. The molecule has 106 valence electrons. The maximum Gasteiger partial charge on any atom is 0.261 e. The van der Waals surface area contributed by atoms with Gasteiger partial charge in [-0.2, -0.15) is 0 Å². The Morgan fingerprint density at radius 2 is 2.00 bits per heavy atom. The van der Waals surface area contributed by atoms with Gasteiger partial charge in [0.25, 0.3) is 9.05 Å². The van der Waals surface area contributed by atoms with Gasteiger partial charge in [-0.25, -0.2) is 8.42 Å². The predicted octanol–water partition coefficient (Wildman–Crippen LogP) is 2.12. The summed E-state index contributed by atoms with van der Waals surface area (Å²) in [4.78, 5) is 12.7. The molecule has 0 aliphatic heterocycles. The van der Waals surface area contributed by atoms with Gasteiger partial charge in [-0.15, -0.1) is 0 Å². The van der Waals surface area contributed by atoms with E-state index in [1.807, 2.05) is 0 Å². The zero-order chi connectivity index (χ0) is 14.6. The van der Waals surface area contributed by atoms with Crippen LogP contribution in [0.4, 0.5) is 0 Å². The summed E-state index contributed by atoms with van der Waals surface area (Å²) in [6.45, 7) is 0.156. The summed E-state index contributed by atoms with van der Waals surface area (Å²) in [6, 6.07) is 3.89. The van der Waals surface area contributed by atoms with Gasteiger partial charge in [-0.05, 0) is 18.2 Å². The molecule has 0 saturated carbocycles. The highest BCUT2D eigenvalue weighted by Gasteiger charge is 2.13. The number of ether oxygens (including phenoxy) is 1. The Morgan fingerprint density at radius 1 is 1.37 bits per heavy atom. The van der Waals surface area contributed by atoms with E-state index in [4.69, 9.17) is 27.0 Å². The Balaban J connectivity index is 2.69. The van der Waals surface area contributed by atoms with E-state index in [-0.39, 0.29) is 28.9 Å². The molecule has 0 unspecified atom stereocenters. The molecular weight excluding hydrogens is 313 g/mol. The maximum absolute atomic E-state index is 11.3. The van der Waals surface area contributed by atoms with Crippen molar-refractivity contribution in [2.24, 2.45) is 0 Å². The maximum atomic E-state index is 11.3. The summed E-state index contributed by atoms with van der Waals surface area (Å²) in [7, 11) is 4.67. The van der Waals surface area contributed by atoms with Crippen LogP contribution < -0.4 is 4.74 Å². The largest absolute Gasteiger partial charge is 0.491 e. The summed E-state index contributed by atoms with van der Waals surface area (Å²) < 4.78 is 27.5. The lowest BCUT2D eigenvalue weighted by molar-refractivity contribution is -0.129. The molecule has 1 aromatic carbocycles. The quantitative estimate of drug-likeness (QED) is 0.778. The van der Waals surface area contributed by atoms with Gasteiger partial charge in [0.15, 0.2) is 0 Å². The first-order valence-electron chi connectivity index (χ1n) is 5.29. The standard InChI is InChI=1S/C11H13Cl2NO4S/c1-14(2)11(15)5-6-18-10-4-3-8(7-9(10)12)19(13,16)17/h3-4,7H,5-6H2,1-2H3. The zero-order valence-electron chi connectivity index (χ0n) is 10.4. The molecule has 0 aromatic heterocycles. The summed E-state index contributed by atoms with van der Waals surface area (Å²) in [5, 5.41) is 0.124. The Hall–Kier alpha value is -0.980. The summed E-state index contributed by atoms with van der Waals surface area (Å²) in [5.74, 6) is 0.230. The van der Waals surface area contributed by atoms with Crippen LogP contribution in [-0.4, -0.2) is 39.9 Å². The topological polar surface area (TPSA) is 63.7 Å². The van der Waals surface area contributed by atoms with Crippen molar-refractivity contribution < 1.29 is 17.9 Å². The summed E-state index contributed by atoms with van der Waals surface area (Å²) in [6.07, 6.45) is 0.207. The molecule has 0 atom stereocenters. The van der Waals surface area contributed by atoms with Gasteiger partial charge in [0.05, 0.1) is 22.9 Å². The second-order valence-electron chi connectivity index (χ2n) is 3.92. The van der Waals surface area contributed by atoms with Crippen molar-refractivity contribution in [2.45, 2.75) is 11.3 Å². The van der Waals surface area contributed by atoms with Crippen LogP contribution in [0.3, 0.4) is 0 Å². The molecule has 5 nitrogen and oxygen atoms in total. The van der Waals surface area contributed by atoms with Crippen molar-refractivity contribution in [1.29, 1.82) is 0 Å². The molecule has 1 aromatic rings. The van der Waals surface area contributed by atoms with Gasteiger partial charge in [0.1, 0.15) is 5.75 Å². The number of halogens is 2. The van der Waals surface area contributed by atoms with Gasteiger partial charge in [0.2, 0.25) is 5.91 Å². The zero-order valence-corrected chi connectivity index (χ0v) is 12.7. The number of carbonyl (C=O) groups excluding carboxylic acids is 1. The first kappa shape index (κ1) is 16.1. The molecule has 1 amide bonds. The average molecular weight is 326 g/mol. The van der Waals surface area contributed by atoms with E-state index in [1.54, 1.807) is 14.1 Å². The molecule has 0 saturated heterocycles. The van der Waals surface area contributed by atoms with Crippen LogP contribution in [0.15, 0.2) is 23.1 Å². The molecule has 0 N–H and O–H groups in total. The Morgan fingerprint density at radius 3 is 2.47 bits per heavy atom. The van der Waals surface area contributed by atoms with Gasteiger partial charge in [-0.1, -0.05) is 11.6 Å². The lowest BCUT2D eigenvalue weighted by Gasteiger charge is -2.11. The highest BCUT2D eigenvalue weighted by Crippen LogP contribution is 2.28. The molecule has 0 aliphatic rings. The van der Waals surface area contributed by atoms with Crippen LogP contribution in [-0.2, 0) is 13.8 Å².